The molecule has 0 bridgehead atoms. The molecule has 2 nitrogen and oxygen atoms in total. The van der Waals surface area contributed by atoms with Crippen LogP contribution in [-0.2, 0) is 17.7 Å². The Balaban J connectivity index is 1.77. The van der Waals surface area contributed by atoms with Gasteiger partial charge in [-0.3, -0.25) is 4.90 Å². The van der Waals surface area contributed by atoms with Crippen LogP contribution in [0, 0.1) is 6.92 Å². The SMILES string of the molecule is COCCSCCCN1CCc2cc(Br)cc(C)c2C1. The third-order valence-electron chi connectivity index (χ3n) is 3.80. The van der Waals surface area contributed by atoms with Gasteiger partial charge in [-0.25, -0.2) is 0 Å². The summed E-state index contributed by atoms with van der Waals surface area (Å²) >= 11 is 5.60. The summed E-state index contributed by atoms with van der Waals surface area (Å²) in [6, 6.07) is 4.53. The molecule has 0 saturated heterocycles. The van der Waals surface area contributed by atoms with Crippen molar-refractivity contribution in [2.45, 2.75) is 26.3 Å². The maximum absolute atomic E-state index is 5.07. The van der Waals surface area contributed by atoms with E-state index < -0.39 is 0 Å². The van der Waals surface area contributed by atoms with E-state index in [1.54, 1.807) is 12.7 Å². The first-order valence-corrected chi connectivity index (χ1v) is 9.22. The molecule has 0 atom stereocenters. The number of rotatable bonds is 7. The number of aryl methyl sites for hydroxylation is 1. The summed E-state index contributed by atoms with van der Waals surface area (Å²) in [6.07, 6.45) is 2.46. The normalized spacial score (nSPS) is 15.3. The highest BCUT2D eigenvalue weighted by molar-refractivity contribution is 9.10. The highest BCUT2D eigenvalue weighted by Gasteiger charge is 2.17. The van der Waals surface area contributed by atoms with Crippen LogP contribution in [0.2, 0.25) is 0 Å². The van der Waals surface area contributed by atoms with E-state index >= 15 is 0 Å². The van der Waals surface area contributed by atoms with Gasteiger partial charge in [0.25, 0.3) is 0 Å². The summed E-state index contributed by atoms with van der Waals surface area (Å²) in [5.41, 5.74) is 4.50. The smallest absolute Gasteiger partial charge is 0.0552 e. The Bertz CT molecular complexity index is 439. The lowest BCUT2D eigenvalue weighted by Crippen LogP contribution is -2.32. The van der Waals surface area contributed by atoms with Gasteiger partial charge in [0.15, 0.2) is 0 Å². The van der Waals surface area contributed by atoms with Crippen molar-refractivity contribution in [2.75, 3.05) is 38.3 Å². The summed E-state index contributed by atoms with van der Waals surface area (Å²) in [6.45, 7) is 6.64. The van der Waals surface area contributed by atoms with Gasteiger partial charge in [-0.05, 0) is 60.9 Å². The fraction of sp³-hybridized carbons (Fsp3) is 0.625. The second-order valence-corrected chi connectivity index (χ2v) is 7.49. The average Bonchev–Trinajstić information content (AvgIpc) is 2.43. The number of ether oxygens (including phenoxy) is 1. The molecule has 112 valence electrons. The Morgan fingerprint density at radius 1 is 1.35 bits per heavy atom. The van der Waals surface area contributed by atoms with Crippen LogP contribution in [0.1, 0.15) is 23.1 Å². The zero-order valence-corrected chi connectivity index (χ0v) is 14.9. The van der Waals surface area contributed by atoms with E-state index in [-0.39, 0.29) is 0 Å². The highest BCUT2D eigenvalue weighted by atomic mass is 79.9. The fourth-order valence-corrected chi connectivity index (χ4v) is 4.14. The minimum atomic E-state index is 0.871. The van der Waals surface area contributed by atoms with Gasteiger partial charge in [-0.1, -0.05) is 15.9 Å². The van der Waals surface area contributed by atoms with E-state index in [1.165, 1.54) is 47.3 Å². The zero-order chi connectivity index (χ0) is 14.4. The fourth-order valence-electron chi connectivity index (χ4n) is 2.70. The van der Waals surface area contributed by atoms with E-state index in [0.29, 0.717) is 0 Å². The van der Waals surface area contributed by atoms with E-state index in [1.807, 2.05) is 11.8 Å². The summed E-state index contributed by atoms with van der Waals surface area (Å²) < 4.78 is 6.28. The van der Waals surface area contributed by atoms with Crippen molar-refractivity contribution in [3.63, 3.8) is 0 Å². The molecule has 1 heterocycles. The number of halogens is 1. The monoisotopic (exact) mass is 357 g/mol. The van der Waals surface area contributed by atoms with Crippen molar-refractivity contribution in [1.29, 1.82) is 0 Å². The maximum Gasteiger partial charge on any atom is 0.0552 e. The summed E-state index contributed by atoms with van der Waals surface area (Å²) in [5, 5.41) is 0. The van der Waals surface area contributed by atoms with Crippen molar-refractivity contribution in [3.05, 3.63) is 33.3 Å². The molecule has 2 rings (SSSR count). The number of nitrogens with zero attached hydrogens (tertiary/aromatic N) is 1. The molecule has 1 aliphatic rings. The van der Waals surface area contributed by atoms with Gasteiger partial charge in [-0.15, -0.1) is 0 Å². The summed E-state index contributed by atoms with van der Waals surface area (Å²) in [5.74, 6) is 2.36. The molecule has 0 N–H and O–H groups in total. The van der Waals surface area contributed by atoms with Crippen molar-refractivity contribution >= 4 is 27.7 Å². The molecule has 0 saturated carbocycles. The van der Waals surface area contributed by atoms with Gasteiger partial charge in [0.05, 0.1) is 6.61 Å². The summed E-state index contributed by atoms with van der Waals surface area (Å²) in [7, 11) is 1.77. The van der Waals surface area contributed by atoms with Crippen LogP contribution in [-0.4, -0.2) is 43.2 Å². The van der Waals surface area contributed by atoms with Gasteiger partial charge in [0, 0.05) is 30.4 Å². The molecule has 0 unspecified atom stereocenters. The third-order valence-corrected chi connectivity index (χ3v) is 5.29. The van der Waals surface area contributed by atoms with E-state index in [9.17, 15) is 0 Å². The Morgan fingerprint density at radius 2 is 2.20 bits per heavy atom. The van der Waals surface area contributed by atoms with E-state index in [0.717, 1.165) is 18.9 Å². The molecule has 1 aromatic carbocycles. The van der Waals surface area contributed by atoms with Crippen LogP contribution in [0.3, 0.4) is 0 Å². The molecule has 0 radical (unpaired) electrons. The molecule has 4 heteroatoms. The lowest BCUT2D eigenvalue weighted by atomic mass is 9.95. The maximum atomic E-state index is 5.07. The van der Waals surface area contributed by atoms with Crippen LogP contribution in [0.4, 0.5) is 0 Å². The Morgan fingerprint density at radius 3 is 3.00 bits per heavy atom. The molecule has 1 aliphatic heterocycles. The Hall–Kier alpha value is -0.0300. The van der Waals surface area contributed by atoms with Crippen molar-refractivity contribution < 1.29 is 4.74 Å². The quantitative estimate of drug-likeness (QED) is 0.687. The lowest BCUT2D eigenvalue weighted by molar-refractivity contribution is 0.218. The van der Waals surface area contributed by atoms with Gasteiger partial charge in [0.1, 0.15) is 0 Å². The number of methoxy groups -OCH3 is 1. The molecule has 0 amide bonds. The Kier molecular flexibility index (Phi) is 6.88. The topological polar surface area (TPSA) is 12.5 Å². The predicted octanol–water partition coefficient (Wildman–Crippen LogP) is 3.89. The lowest BCUT2D eigenvalue weighted by Gasteiger charge is -2.30. The molecule has 1 aromatic rings. The average molecular weight is 358 g/mol. The zero-order valence-electron chi connectivity index (χ0n) is 12.5. The van der Waals surface area contributed by atoms with Gasteiger partial charge >= 0.3 is 0 Å². The van der Waals surface area contributed by atoms with Gasteiger partial charge in [-0.2, -0.15) is 11.8 Å². The first-order valence-electron chi connectivity index (χ1n) is 7.27. The molecule has 20 heavy (non-hydrogen) atoms. The molecule has 0 fully saturated rings. The summed E-state index contributed by atoms with van der Waals surface area (Å²) in [4.78, 5) is 2.60. The van der Waals surface area contributed by atoms with Crippen molar-refractivity contribution in [2.24, 2.45) is 0 Å². The number of benzene rings is 1. The van der Waals surface area contributed by atoms with Gasteiger partial charge in [0.2, 0.25) is 0 Å². The molecule has 0 aliphatic carbocycles. The third kappa shape index (κ3) is 4.76. The predicted molar refractivity (Wildman–Crippen MR) is 91.7 cm³/mol. The number of hydrogen-bond donors (Lipinski definition) is 0. The highest BCUT2D eigenvalue weighted by Crippen LogP contribution is 2.26. The molecular formula is C16H24BrNOS. The van der Waals surface area contributed by atoms with Crippen molar-refractivity contribution in [1.82, 2.24) is 4.90 Å². The first-order chi connectivity index (χ1) is 9.70. The van der Waals surface area contributed by atoms with Crippen molar-refractivity contribution in [3.8, 4) is 0 Å². The minimum absolute atomic E-state index is 0.871. The second-order valence-electron chi connectivity index (χ2n) is 5.35. The molecule has 0 aromatic heterocycles. The van der Waals surface area contributed by atoms with Crippen LogP contribution in [0.25, 0.3) is 0 Å². The van der Waals surface area contributed by atoms with Crippen LogP contribution in [0.5, 0.6) is 0 Å². The number of hydrogen-bond acceptors (Lipinski definition) is 3. The molecule has 0 spiro atoms. The van der Waals surface area contributed by atoms with Crippen LogP contribution < -0.4 is 0 Å². The minimum Gasteiger partial charge on any atom is -0.384 e. The standard InChI is InChI=1S/C16H24BrNOS/c1-13-10-15(17)11-14-4-6-18(12-16(13)14)5-3-8-20-9-7-19-2/h10-11H,3-9,12H2,1-2H3. The van der Waals surface area contributed by atoms with E-state index in [4.69, 9.17) is 4.74 Å². The number of thioether (sulfide) groups is 1. The van der Waals surface area contributed by atoms with Gasteiger partial charge < -0.3 is 4.74 Å². The Labute approximate surface area is 135 Å². The number of fused-ring (bicyclic) bond motifs is 1. The largest absolute Gasteiger partial charge is 0.384 e. The van der Waals surface area contributed by atoms with E-state index in [2.05, 4.69) is 39.9 Å². The molecular weight excluding hydrogens is 334 g/mol. The van der Waals surface area contributed by atoms with Crippen LogP contribution in [0.15, 0.2) is 16.6 Å². The first kappa shape index (κ1) is 16.3. The van der Waals surface area contributed by atoms with Crippen LogP contribution >= 0.6 is 27.7 Å². The second kappa shape index (κ2) is 8.42.